The molecular formula is C14H30O4. The van der Waals surface area contributed by atoms with Crippen LogP contribution in [0.25, 0.3) is 0 Å². The maximum Gasteiger partial charge on any atom is 0.0701 e. The van der Waals surface area contributed by atoms with Gasteiger partial charge < -0.3 is 19.3 Å². The van der Waals surface area contributed by atoms with Gasteiger partial charge in [-0.25, -0.2) is 0 Å². The molecule has 4 heteroatoms. The third-order valence-electron chi connectivity index (χ3n) is 2.55. The fourth-order valence-electron chi connectivity index (χ4n) is 1.54. The molecule has 0 fully saturated rings. The van der Waals surface area contributed by atoms with Gasteiger partial charge in [0.05, 0.1) is 39.6 Å². The van der Waals surface area contributed by atoms with E-state index >= 15 is 0 Å². The monoisotopic (exact) mass is 262 g/mol. The van der Waals surface area contributed by atoms with Gasteiger partial charge in [-0.1, -0.05) is 33.1 Å². The summed E-state index contributed by atoms with van der Waals surface area (Å²) in [5.41, 5.74) is 0. The molecule has 1 N–H and O–H groups in total. The highest BCUT2D eigenvalue weighted by Crippen LogP contribution is 2.07. The molecule has 0 aromatic carbocycles. The number of hydrogen-bond donors (Lipinski definition) is 1. The number of unbranched alkanes of at least 4 members (excludes halogenated alkanes) is 2. The maximum absolute atomic E-state index is 8.47. The van der Waals surface area contributed by atoms with Crippen LogP contribution >= 0.6 is 0 Å². The third kappa shape index (κ3) is 15.8. The number of aliphatic hydroxyl groups is 1. The highest BCUT2D eigenvalue weighted by atomic mass is 16.5. The van der Waals surface area contributed by atoms with E-state index in [0.717, 1.165) is 18.9 Å². The summed E-state index contributed by atoms with van der Waals surface area (Å²) >= 11 is 0. The molecule has 110 valence electrons. The lowest BCUT2D eigenvalue weighted by Gasteiger charge is -2.07. The molecule has 0 heterocycles. The fourth-order valence-corrected chi connectivity index (χ4v) is 1.54. The zero-order chi connectivity index (χ0) is 13.5. The standard InChI is InChI=1S/C14H30O4/c1-14(2)6-4-3-5-8-16-10-12-18-13-11-17-9-7-15/h14-15H,3-13H2,1-2H3. The molecule has 0 saturated carbocycles. The van der Waals surface area contributed by atoms with Crippen LogP contribution in [0.15, 0.2) is 0 Å². The molecule has 0 rings (SSSR count). The van der Waals surface area contributed by atoms with Crippen molar-refractivity contribution in [3.05, 3.63) is 0 Å². The summed E-state index contributed by atoms with van der Waals surface area (Å²) in [7, 11) is 0. The van der Waals surface area contributed by atoms with E-state index in [1.807, 2.05) is 0 Å². The van der Waals surface area contributed by atoms with Crippen molar-refractivity contribution in [3.8, 4) is 0 Å². The molecule has 0 bridgehead atoms. The van der Waals surface area contributed by atoms with E-state index < -0.39 is 0 Å². The maximum atomic E-state index is 8.47. The van der Waals surface area contributed by atoms with Gasteiger partial charge in [-0.3, -0.25) is 0 Å². The van der Waals surface area contributed by atoms with Crippen LogP contribution in [0.4, 0.5) is 0 Å². The predicted molar refractivity (Wildman–Crippen MR) is 72.8 cm³/mol. The first-order valence-electron chi connectivity index (χ1n) is 7.11. The van der Waals surface area contributed by atoms with Crippen molar-refractivity contribution in [2.45, 2.75) is 39.5 Å². The summed E-state index contributed by atoms with van der Waals surface area (Å²) < 4.78 is 15.8. The van der Waals surface area contributed by atoms with Gasteiger partial charge in [0.15, 0.2) is 0 Å². The molecule has 4 nitrogen and oxygen atoms in total. The van der Waals surface area contributed by atoms with Crippen molar-refractivity contribution in [3.63, 3.8) is 0 Å². The average molecular weight is 262 g/mol. The molecule has 0 aromatic rings. The number of rotatable bonds is 14. The van der Waals surface area contributed by atoms with Crippen molar-refractivity contribution >= 4 is 0 Å². The van der Waals surface area contributed by atoms with Gasteiger partial charge >= 0.3 is 0 Å². The molecular weight excluding hydrogens is 232 g/mol. The van der Waals surface area contributed by atoms with Gasteiger partial charge in [0, 0.05) is 6.61 Å². The number of aliphatic hydroxyl groups excluding tert-OH is 1. The van der Waals surface area contributed by atoms with Gasteiger partial charge in [0.1, 0.15) is 0 Å². The molecule has 0 aliphatic carbocycles. The summed E-state index contributed by atoms with van der Waals surface area (Å²) in [5, 5.41) is 8.47. The van der Waals surface area contributed by atoms with Crippen molar-refractivity contribution in [1.82, 2.24) is 0 Å². The van der Waals surface area contributed by atoms with Gasteiger partial charge in [-0.15, -0.1) is 0 Å². The van der Waals surface area contributed by atoms with Crippen LogP contribution in [0.5, 0.6) is 0 Å². The van der Waals surface area contributed by atoms with Crippen LogP contribution in [0, 0.1) is 5.92 Å². The van der Waals surface area contributed by atoms with Gasteiger partial charge in [0.2, 0.25) is 0 Å². The average Bonchev–Trinajstić information content (AvgIpc) is 2.34. The molecule has 0 amide bonds. The fraction of sp³-hybridized carbons (Fsp3) is 1.00. The van der Waals surface area contributed by atoms with Crippen molar-refractivity contribution in [2.75, 3.05) is 46.2 Å². The Morgan fingerprint density at radius 2 is 1.28 bits per heavy atom. The van der Waals surface area contributed by atoms with Crippen molar-refractivity contribution in [1.29, 1.82) is 0 Å². The van der Waals surface area contributed by atoms with E-state index in [-0.39, 0.29) is 6.61 Å². The normalized spacial score (nSPS) is 11.3. The van der Waals surface area contributed by atoms with Crippen LogP contribution < -0.4 is 0 Å². The molecule has 0 atom stereocenters. The second-order valence-electron chi connectivity index (χ2n) is 4.80. The Morgan fingerprint density at radius 3 is 1.83 bits per heavy atom. The Morgan fingerprint density at radius 1 is 0.722 bits per heavy atom. The first-order valence-corrected chi connectivity index (χ1v) is 7.11. The minimum atomic E-state index is 0.0694. The van der Waals surface area contributed by atoms with Crippen LogP contribution in [0.3, 0.4) is 0 Å². The molecule has 0 radical (unpaired) electrons. The molecule has 0 unspecified atom stereocenters. The van der Waals surface area contributed by atoms with Gasteiger partial charge in [-0.2, -0.15) is 0 Å². The lowest BCUT2D eigenvalue weighted by Crippen LogP contribution is -2.11. The quantitative estimate of drug-likeness (QED) is 0.488. The van der Waals surface area contributed by atoms with E-state index in [4.69, 9.17) is 19.3 Å². The largest absolute Gasteiger partial charge is 0.394 e. The van der Waals surface area contributed by atoms with E-state index in [1.54, 1.807) is 0 Å². The topological polar surface area (TPSA) is 47.9 Å². The Hall–Kier alpha value is -0.160. The first-order chi connectivity index (χ1) is 8.77. The zero-order valence-corrected chi connectivity index (χ0v) is 12.0. The number of hydrogen-bond acceptors (Lipinski definition) is 4. The number of ether oxygens (including phenoxy) is 3. The minimum Gasteiger partial charge on any atom is -0.394 e. The minimum absolute atomic E-state index is 0.0694. The lowest BCUT2D eigenvalue weighted by atomic mass is 10.1. The van der Waals surface area contributed by atoms with E-state index in [9.17, 15) is 0 Å². The van der Waals surface area contributed by atoms with Crippen LogP contribution in [-0.2, 0) is 14.2 Å². The predicted octanol–water partition coefficient (Wildman–Crippen LogP) is 2.24. The van der Waals surface area contributed by atoms with Crippen LogP contribution in [0.2, 0.25) is 0 Å². The smallest absolute Gasteiger partial charge is 0.0701 e. The van der Waals surface area contributed by atoms with Crippen LogP contribution in [0.1, 0.15) is 39.5 Å². The SMILES string of the molecule is CC(C)CCCCCOCCOCCOCCO. The van der Waals surface area contributed by atoms with Crippen molar-refractivity contribution < 1.29 is 19.3 Å². The van der Waals surface area contributed by atoms with Crippen molar-refractivity contribution in [2.24, 2.45) is 5.92 Å². The molecule has 0 aliphatic heterocycles. The first kappa shape index (κ1) is 17.8. The van der Waals surface area contributed by atoms with E-state index in [0.29, 0.717) is 33.0 Å². The summed E-state index contributed by atoms with van der Waals surface area (Å²) in [6, 6.07) is 0. The Labute approximate surface area is 112 Å². The second kappa shape index (κ2) is 14.9. The summed E-state index contributed by atoms with van der Waals surface area (Å²) in [4.78, 5) is 0. The molecule has 0 spiro atoms. The highest BCUT2D eigenvalue weighted by molar-refractivity contribution is 4.47. The van der Waals surface area contributed by atoms with E-state index in [2.05, 4.69) is 13.8 Å². The Balaban J connectivity index is 2.90. The second-order valence-corrected chi connectivity index (χ2v) is 4.80. The van der Waals surface area contributed by atoms with Crippen LogP contribution in [-0.4, -0.2) is 51.4 Å². The molecule has 0 aromatic heterocycles. The summed E-state index contributed by atoms with van der Waals surface area (Å²) in [6.45, 7) is 8.20. The van der Waals surface area contributed by atoms with E-state index in [1.165, 1.54) is 19.3 Å². The Bertz CT molecular complexity index is 151. The molecule has 18 heavy (non-hydrogen) atoms. The lowest BCUT2D eigenvalue weighted by molar-refractivity contribution is 0.00718. The third-order valence-corrected chi connectivity index (χ3v) is 2.55. The molecule has 0 aliphatic rings. The molecule has 0 saturated heterocycles. The van der Waals surface area contributed by atoms with Gasteiger partial charge in [-0.05, 0) is 12.3 Å². The summed E-state index contributed by atoms with van der Waals surface area (Å²) in [6.07, 6.45) is 5.02. The Kier molecular flexibility index (Phi) is 14.8. The highest BCUT2D eigenvalue weighted by Gasteiger charge is 1.95. The summed E-state index contributed by atoms with van der Waals surface area (Å²) in [5.74, 6) is 0.812. The van der Waals surface area contributed by atoms with Gasteiger partial charge in [0.25, 0.3) is 0 Å². The zero-order valence-electron chi connectivity index (χ0n) is 12.0.